The van der Waals surface area contributed by atoms with Crippen molar-refractivity contribution < 1.29 is 25.8 Å². The largest absolute Gasteiger partial charge is 0.510 e. The molecule has 0 N–H and O–H groups in total. The number of anilines is 4. The van der Waals surface area contributed by atoms with Crippen LogP contribution in [0.15, 0.2) is 128 Å². The zero-order valence-electron chi connectivity index (χ0n) is 21.2. The van der Waals surface area contributed by atoms with Gasteiger partial charge in [0.25, 0.3) is 0 Å². The van der Waals surface area contributed by atoms with E-state index in [-0.39, 0.29) is 21.1 Å². The van der Waals surface area contributed by atoms with Gasteiger partial charge < -0.3 is 19.4 Å². The van der Waals surface area contributed by atoms with Crippen molar-refractivity contribution in [3.63, 3.8) is 0 Å². The van der Waals surface area contributed by atoms with E-state index in [1.54, 1.807) is 6.20 Å². The van der Waals surface area contributed by atoms with Crippen molar-refractivity contribution in [3.8, 4) is 22.6 Å². The minimum absolute atomic E-state index is 0. The number of nitrogens with zero attached hydrogens (tertiary/aromatic N) is 4. The first-order chi connectivity index (χ1) is 18.7. The summed E-state index contributed by atoms with van der Waals surface area (Å²) in [4.78, 5) is 10.7. The van der Waals surface area contributed by atoms with E-state index in [1.165, 1.54) is 5.56 Å². The number of ether oxygens (including phenoxy) is 1. The van der Waals surface area contributed by atoms with Crippen LogP contribution in [-0.2, 0) is 21.1 Å². The van der Waals surface area contributed by atoms with Gasteiger partial charge in [-0.1, -0.05) is 54.2 Å². The molecule has 0 spiro atoms. The molecule has 5 aromatic rings. The predicted octanol–water partition coefficient (Wildman–Crippen LogP) is 7.95. The summed E-state index contributed by atoms with van der Waals surface area (Å²) in [7, 11) is 1.99. The van der Waals surface area contributed by atoms with Crippen LogP contribution in [0.4, 0.5) is 22.9 Å². The van der Waals surface area contributed by atoms with Crippen LogP contribution >= 0.6 is 0 Å². The summed E-state index contributed by atoms with van der Waals surface area (Å²) in [5.41, 5.74) is 5.03. The van der Waals surface area contributed by atoms with Gasteiger partial charge in [-0.2, -0.15) is 18.8 Å². The van der Waals surface area contributed by atoms with E-state index in [0.29, 0.717) is 11.5 Å². The molecule has 0 radical (unpaired) electrons. The Morgan fingerprint density at radius 2 is 1.44 bits per heavy atom. The average Bonchev–Trinajstić information content (AvgIpc) is 3.41. The summed E-state index contributed by atoms with van der Waals surface area (Å²) in [5, 5.41) is 0. The molecule has 1 aliphatic rings. The molecule has 0 fully saturated rings. The summed E-state index contributed by atoms with van der Waals surface area (Å²) in [6, 6.07) is 43.2. The van der Waals surface area contributed by atoms with E-state index in [9.17, 15) is 0 Å². The van der Waals surface area contributed by atoms with Gasteiger partial charge in [0.15, 0.2) is 0 Å². The van der Waals surface area contributed by atoms with Gasteiger partial charge in [-0.25, -0.2) is 4.98 Å². The molecule has 1 aromatic heterocycles. The Balaban J connectivity index is 0.00000308. The Morgan fingerprint density at radius 1 is 0.718 bits per heavy atom. The van der Waals surface area contributed by atoms with Gasteiger partial charge in [0.1, 0.15) is 5.82 Å². The monoisotopic (exact) mass is 688 g/mol. The SMILES string of the molecule is CN1C=CN(c2[c-]c(Oc3[c-]c(N(c4ccc(-c5ccccc5)cc4)c4ccccn4)ccc3)ccc2)[CH-]1.[Pt]. The molecule has 1 aliphatic heterocycles. The van der Waals surface area contributed by atoms with Gasteiger partial charge in [0.2, 0.25) is 0 Å². The summed E-state index contributed by atoms with van der Waals surface area (Å²) in [6.45, 7) is 1.98. The number of pyridine rings is 1. The Kier molecular flexibility index (Phi) is 8.09. The smallest absolute Gasteiger partial charge is 0.135 e. The summed E-state index contributed by atoms with van der Waals surface area (Å²) in [6.07, 6.45) is 5.76. The summed E-state index contributed by atoms with van der Waals surface area (Å²) < 4.78 is 6.21. The first kappa shape index (κ1) is 26.3. The summed E-state index contributed by atoms with van der Waals surface area (Å²) >= 11 is 0. The first-order valence-electron chi connectivity index (χ1n) is 12.4. The molecule has 196 valence electrons. The molecular weight excluding hydrogens is 663 g/mol. The average molecular weight is 689 g/mol. The number of hydrogen-bond acceptors (Lipinski definition) is 5. The van der Waals surface area contributed by atoms with Crippen LogP contribution in [0.25, 0.3) is 11.1 Å². The van der Waals surface area contributed by atoms with Gasteiger partial charge in [0, 0.05) is 44.4 Å². The second-order valence-electron chi connectivity index (χ2n) is 8.83. The molecule has 39 heavy (non-hydrogen) atoms. The molecule has 6 rings (SSSR count). The maximum absolute atomic E-state index is 6.21. The van der Waals surface area contributed by atoms with Crippen molar-refractivity contribution in [2.24, 2.45) is 0 Å². The van der Waals surface area contributed by atoms with Crippen molar-refractivity contribution in [3.05, 3.63) is 147 Å². The fourth-order valence-corrected chi connectivity index (χ4v) is 4.30. The number of benzene rings is 4. The molecule has 0 unspecified atom stereocenters. The van der Waals surface area contributed by atoms with Gasteiger partial charge in [-0.15, -0.1) is 42.1 Å². The Labute approximate surface area is 243 Å². The molecule has 2 heterocycles. The molecule has 6 heteroatoms. The van der Waals surface area contributed by atoms with Crippen LogP contribution < -0.4 is 14.5 Å². The second-order valence-corrected chi connectivity index (χ2v) is 8.83. The molecule has 0 bridgehead atoms. The van der Waals surface area contributed by atoms with Crippen LogP contribution in [0, 0.1) is 18.8 Å². The van der Waals surface area contributed by atoms with Crippen LogP contribution in [0.3, 0.4) is 0 Å². The summed E-state index contributed by atoms with van der Waals surface area (Å²) in [5.74, 6) is 2.00. The Hall–Kier alpha value is -4.34. The van der Waals surface area contributed by atoms with E-state index in [1.807, 2.05) is 96.6 Å². The quantitative estimate of drug-likeness (QED) is 0.162. The maximum Gasteiger partial charge on any atom is 0.135 e. The van der Waals surface area contributed by atoms with Crippen LogP contribution in [0.1, 0.15) is 0 Å². The molecule has 5 nitrogen and oxygen atoms in total. The fourth-order valence-electron chi connectivity index (χ4n) is 4.30. The Bertz CT molecular complexity index is 1540. The third-order valence-electron chi connectivity index (χ3n) is 6.12. The molecule has 0 aliphatic carbocycles. The molecule has 4 aromatic carbocycles. The minimum atomic E-state index is 0. The minimum Gasteiger partial charge on any atom is -0.510 e. The zero-order valence-corrected chi connectivity index (χ0v) is 23.5. The zero-order chi connectivity index (χ0) is 25.7. The van der Waals surface area contributed by atoms with E-state index < -0.39 is 0 Å². The predicted molar refractivity (Wildman–Crippen MR) is 152 cm³/mol. The van der Waals surface area contributed by atoms with Crippen molar-refractivity contribution in [1.29, 1.82) is 0 Å². The van der Waals surface area contributed by atoms with E-state index in [2.05, 4.69) is 70.5 Å². The van der Waals surface area contributed by atoms with Crippen LogP contribution in [-0.4, -0.2) is 16.9 Å². The van der Waals surface area contributed by atoms with E-state index in [0.717, 1.165) is 28.4 Å². The normalized spacial score (nSPS) is 12.2. The van der Waals surface area contributed by atoms with Crippen molar-refractivity contribution in [1.82, 2.24) is 9.88 Å². The van der Waals surface area contributed by atoms with Gasteiger partial charge in [-0.05, 0) is 54.8 Å². The first-order valence-corrected chi connectivity index (χ1v) is 12.4. The van der Waals surface area contributed by atoms with Crippen molar-refractivity contribution in [2.75, 3.05) is 16.8 Å². The molecular formula is C33H25N4OPt-3. The number of aromatic nitrogens is 1. The van der Waals surface area contributed by atoms with Gasteiger partial charge >= 0.3 is 0 Å². The number of hydrogen-bond donors (Lipinski definition) is 0. The standard InChI is InChI=1S/C33H25N4O.Pt/c1-35-21-22-36(25-35)29-11-7-13-31(23-29)38-32-14-8-12-30(24-32)37(33-15-5-6-20-34-33)28-18-16-27(17-19-28)26-9-3-2-4-10-26;/h2-22,25H,1H3;/q-3;. The molecule has 0 saturated carbocycles. The molecule has 0 saturated heterocycles. The van der Waals surface area contributed by atoms with Crippen LogP contribution in [0.5, 0.6) is 11.5 Å². The fraction of sp³-hybridized carbons (Fsp3) is 0.0303. The van der Waals surface area contributed by atoms with Crippen molar-refractivity contribution in [2.45, 2.75) is 0 Å². The molecule has 0 atom stereocenters. The van der Waals surface area contributed by atoms with Gasteiger partial charge in [0.05, 0.1) is 0 Å². The van der Waals surface area contributed by atoms with Gasteiger partial charge in [-0.3, -0.25) is 0 Å². The third-order valence-corrected chi connectivity index (χ3v) is 6.12. The van der Waals surface area contributed by atoms with E-state index >= 15 is 0 Å². The topological polar surface area (TPSA) is 31.8 Å². The third kappa shape index (κ3) is 6.05. The number of rotatable bonds is 7. The van der Waals surface area contributed by atoms with E-state index in [4.69, 9.17) is 4.74 Å². The second kappa shape index (κ2) is 12.0. The van der Waals surface area contributed by atoms with Crippen molar-refractivity contribution >= 4 is 22.9 Å². The molecule has 0 amide bonds. The van der Waals surface area contributed by atoms with Crippen LogP contribution in [0.2, 0.25) is 0 Å². The Morgan fingerprint density at radius 3 is 2.15 bits per heavy atom. The maximum atomic E-state index is 6.21.